The van der Waals surface area contributed by atoms with Gasteiger partial charge in [-0.15, -0.1) is 0 Å². The van der Waals surface area contributed by atoms with Gasteiger partial charge in [0.15, 0.2) is 0 Å². The Morgan fingerprint density at radius 3 is 2.43 bits per heavy atom. The van der Waals surface area contributed by atoms with Gasteiger partial charge in [0, 0.05) is 19.1 Å². The second-order valence-corrected chi connectivity index (χ2v) is 4.84. The lowest BCUT2D eigenvalue weighted by molar-refractivity contribution is 0.0612. The van der Waals surface area contributed by atoms with Crippen LogP contribution in [-0.2, 0) is 0 Å². The van der Waals surface area contributed by atoms with Crippen LogP contribution < -0.4 is 5.73 Å². The Morgan fingerprint density at radius 2 is 1.86 bits per heavy atom. The fourth-order valence-corrected chi connectivity index (χ4v) is 2.85. The van der Waals surface area contributed by atoms with Crippen molar-refractivity contribution in [3.05, 3.63) is 0 Å². The number of piperidine rings is 1. The molecule has 2 unspecified atom stereocenters. The highest BCUT2D eigenvalue weighted by Gasteiger charge is 2.30. The molecule has 2 atom stereocenters. The summed E-state index contributed by atoms with van der Waals surface area (Å²) in [4.78, 5) is 2.56. The number of aliphatic hydroxyl groups excluding tert-OH is 1. The van der Waals surface area contributed by atoms with E-state index in [-0.39, 0.29) is 6.10 Å². The topological polar surface area (TPSA) is 49.5 Å². The van der Waals surface area contributed by atoms with Gasteiger partial charge in [-0.05, 0) is 44.6 Å². The van der Waals surface area contributed by atoms with E-state index in [1.54, 1.807) is 0 Å². The molecule has 1 aliphatic heterocycles. The molecule has 0 bridgehead atoms. The van der Waals surface area contributed by atoms with Crippen LogP contribution in [0.3, 0.4) is 0 Å². The summed E-state index contributed by atoms with van der Waals surface area (Å²) >= 11 is 0. The molecular formula is C11H22N2O. The van der Waals surface area contributed by atoms with Crippen LogP contribution in [0.15, 0.2) is 0 Å². The van der Waals surface area contributed by atoms with E-state index in [1.165, 1.54) is 19.3 Å². The Morgan fingerprint density at radius 1 is 1.14 bits per heavy atom. The van der Waals surface area contributed by atoms with E-state index in [0.717, 1.165) is 44.4 Å². The number of likely N-dealkylation sites (tertiary alicyclic amines) is 1. The standard InChI is InChI=1S/C11H22N2O/c12-8-9-1-2-10(7-9)13-5-3-11(14)4-6-13/h9-11,14H,1-8,12H2. The summed E-state index contributed by atoms with van der Waals surface area (Å²) in [6.07, 6.45) is 5.79. The average molecular weight is 198 g/mol. The van der Waals surface area contributed by atoms with Gasteiger partial charge in [0.05, 0.1) is 6.10 Å². The van der Waals surface area contributed by atoms with Gasteiger partial charge in [-0.2, -0.15) is 0 Å². The molecule has 0 spiro atoms. The third-order valence-electron chi connectivity index (χ3n) is 3.86. The zero-order valence-electron chi connectivity index (χ0n) is 8.86. The fourth-order valence-electron chi connectivity index (χ4n) is 2.85. The second kappa shape index (κ2) is 4.60. The van der Waals surface area contributed by atoms with E-state index in [0.29, 0.717) is 0 Å². The first-order valence-corrected chi connectivity index (χ1v) is 5.91. The molecule has 0 radical (unpaired) electrons. The Labute approximate surface area is 86.3 Å². The average Bonchev–Trinajstić information content (AvgIpc) is 2.67. The largest absolute Gasteiger partial charge is 0.393 e. The number of aliphatic hydroxyl groups is 1. The molecular weight excluding hydrogens is 176 g/mol. The maximum absolute atomic E-state index is 9.42. The Kier molecular flexibility index (Phi) is 3.42. The summed E-state index contributed by atoms with van der Waals surface area (Å²) < 4.78 is 0. The normalized spacial score (nSPS) is 36.4. The minimum absolute atomic E-state index is 0.0436. The lowest BCUT2D eigenvalue weighted by atomic mass is 10.0. The molecule has 3 heteroatoms. The van der Waals surface area contributed by atoms with Gasteiger partial charge in [0.25, 0.3) is 0 Å². The molecule has 0 amide bonds. The highest BCUT2D eigenvalue weighted by atomic mass is 16.3. The predicted octanol–water partition coefficient (Wildman–Crippen LogP) is 0.570. The summed E-state index contributed by atoms with van der Waals surface area (Å²) in [5.74, 6) is 0.756. The summed E-state index contributed by atoms with van der Waals surface area (Å²) in [7, 11) is 0. The van der Waals surface area contributed by atoms with Crippen LogP contribution in [0.1, 0.15) is 32.1 Å². The maximum Gasteiger partial charge on any atom is 0.0564 e. The molecule has 1 saturated heterocycles. The van der Waals surface area contributed by atoms with Crippen LogP contribution in [-0.4, -0.2) is 41.8 Å². The van der Waals surface area contributed by atoms with Crippen molar-refractivity contribution in [2.45, 2.75) is 44.2 Å². The van der Waals surface area contributed by atoms with Crippen molar-refractivity contribution in [3.8, 4) is 0 Å². The van der Waals surface area contributed by atoms with Crippen molar-refractivity contribution in [3.63, 3.8) is 0 Å². The number of nitrogens with zero attached hydrogens (tertiary/aromatic N) is 1. The molecule has 1 saturated carbocycles. The maximum atomic E-state index is 9.42. The summed E-state index contributed by atoms with van der Waals surface area (Å²) in [6, 6.07) is 0.760. The number of nitrogens with two attached hydrogens (primary N) is 1. The van der Waals surface area contributed by atoms with Crippen molar-refractivity contribution in [2.75, 3.05) is 19.6 Å². The smallest absolute Gasteiger partial charge is 0.0564 e. The fraction of sp³-hybridized carbons (Fsp3) is 1.00. The van der Waals surface area contributed by atoms with Crippen LogP contribution in [0.4, 0.5) is 0 Å². The molecule has 1 heterocycles. The Hall–Kier alpha value is -0.120. The van der Waals surface area contributed by atoms with E-state index in [2.05, 4.69) is 4.90 Å². The molecule has 3 nitrogen and oxygen atoms in total. The van der Waals surface area contributed by atoms with E-state index >= 15 is 0 Å². The summed E-state index contributed by atoms with van der Waals surface area (Å²) in [5.41, 5.74) is 5.69. The van der Waals surface area contributed by atoms with Crippen molar-refractivity contribution in [1.29, 1.82) is 0 Å². The van der Waals surface area contributed by atoms with E-state index in [1.807, 2.05) is 0 Å². The second-order valence-electron chi connectivity index (χ2n) is 4.84. The Balaban J connectivity index is 1.79. The lowest BCUT2D eigenvalue weighted by Crippen LogP contribution is -2.41. The highest BCUT2D eigenvalue weighted by Crippen LogP contribution is 2.30. The van der Waals surface area contributed by atoms with Crippen molar-refractivity contribution in [1.82, 2.24) is 4.90 Å². The van der Waals surface area contributed by atoms with Gasteiger partial charge in [0.2, 0.25) is 0 Å². The van der Waals surface area contributed by atoms with Crippen LogP contribution in [0.25, 0.3) is 0 Å². The summed E-state index contributed by atoms with van der Waals surface area (Å²) in [6.45, 7) is 3.03. The molecule has 0 aromatic carbocycles. The van der Waals surface area contributed by atoms with Gasteiger partial charge >= 0.3 is 0 Å². The minimum atomic E-state index is -0.0436. The third-order valence-corrected chi connectivity index (χ3v) is 3.86. The zero-order chi connectivity index (χ0) is 9.97. The van der Waals surface area contributed by atoms with Gasteiger partial charge < -0.3 is 15.7 Å². The van der Waals surface area contributed by atoms with Crippen molar-refractivity contribution in [2.24, 2.45) is 11.7 Å². The molecule has 1 aliphatic carbocycles. The van der Waals surface area contributed by atoms with Gasteiger partial charge in [-0.1, -0.05) is 0 Å². The molecule has 82 valence electrons. The molecule has 0 aromatic heterocycles. The first kappa shape index (κ1) is 10.4. The van der Waals surface area contributed by atoms with Crippen molar-refractivity contribution < 1.29 is 5.11 Å². The lowest BCUT2D eigenvalue weighted by Gasteiger charge is -2.34. The van der Waals surface area contributed by atoms with Crippen LogP contribution in [0.5, 0.6) is 0 Å². The minimum Gasteiger partial charge on any atom is -0.393 e. The molecule has 2 aliphatic rings. The van der Waals surface area contributed by atoms with Crippen LogP contribution in [0.2, 0.25) is 0 Å². The van der Waals surface area contributed by atoms with Crippen LogP contribution >= 0.6 is 0 Å². The van der Waals surface area contributed by atoms with Crippen LogP contribution in [0, 0.1) is 5.92 Å². The van der Waals surface area contributed by atoms with Crippen molar-refractivity contribution >= 4 is 0 Å². The molecule has 3 N–H and O–H groups in total. The van der Waals surface area contributed by atoms with E-state index in [4.69, 9.17) is 5.73 Å². The highest BCUT2D eigenvalue weighted by molar-refractivity contribution is 4.85. The van der Waals surface area contributed by atoms with Gasteiger partial charge in [0.1, 0.15) is 0 Å². The SMILES string of the molecule is NCC1CCC(N2CCC(O)CC2)C1. The summed E-state index contributed by atoms with van der Waals surface area (Å²) in [5, 5.41) is 9.42. The Bertz CT molecular complexity index is 178. The van der Waals surface area contributed by atoms with Gasteiger partial charge in [-0.25, -0.2) is 0 Å². The quantitative estimate of drug-likeness (QED) is 0.682. The molecule has 14 heavy (non-hydrogen) atoms. The molecule has 2 fully saturated rings. The third kappa shape index (κ3) is 2.27. The number of hydrogen-bond donors (Lipinski definition) is 2. The van der Waals surface area contributed by atoms with E-state index < -0.39 is 0 Å². The van der Waals surface area contributed by atoms with E-state index in [9.17, 15) is 5.11 Å². The zero-order valence-corrected chi connectivity index (χ0v) is 8.86. The molecule has 2 rings (SSSR count). The first-order chi connectivity index (χ1) is 6.79. The molecule has 0 aromatic rings. The van der Waals surface area contributed by atoms with Gasteiger partial charge in [-0.3, -0.25) is 0 Å². The predicted molar refractivity (Wildman–Crippen MR) is 57.0 cm³/mol. The number of rotatable bonds is 2. The first-order valence-electron chi connectivity index (χ1n) is 5.91. The monoisotopic (exact) mass is 198 g/mol. The number of hydrogen-bond acceptors (Lipinski definition) is 3.